The van der Waals surface area contributed by atoms with Crippen molar-refractivity contribution in [1.29, 1.82) is 0 Å². The molecular weight excluding hydrogens is 195 g/mol. The van der Waals surface area contributed by atoms with Gasteiger partial charge in [-0.3, -0.25) is 0 Å². The molecule has 0 saturated carbocycles. The third-order valence-corrected chi connectivity index (χ3v) is 2.24. The molecule has 10 heavy (non-hydrogen) atoms. The van der Waals surface area contributed by atoms with Crippen LogP contribution >= 0.6 is 15.9 Å². The first-order valence-electron chi connectivity index (χ1n) is 4.01. The van der Waals surface area contributed by atoms with E-state index in [4.69, 9.17) is 0 Å². The Labute approximate surface area is 71.3 Å². The second kappa shape index (κ2) is 7.52. The van der Waals surface area contributed by atoms with Crippen LogP contribution < -0.4 is 0 Å². The molecule has 0 fully saturated rings. The van der Waals surface area contributed by atoms with E-state index in [0.29, 0.717) is 5.33 Å². The first-order valence-corrected chi connectivity index (χ1v) is 5.13. The third-order valence-electron chi connectivity index (χ3n) is 1.54. The fourth-order valence-corrected chi connectivity index (χ4v) is 1.19. The maximum atomic E-state index is 12.5. The highest BCUT2D eigenvalue weighted by Gasteiger charge is 2.01. The van der Waals surface area contributed by atoms with E-state index in [2.05, 4.69) is 22.9 Å². The molecule has 0 aliphatic rings. The summed E-state index contributed by atoms with van der Waals surface area (Å²) in [6.07, 6.45) is 4.80. The van der Waals surface area contributed by atoms with E-state index >= 15 is 0 Å². The second-order valence-electron chi connectivity index (χ2n) is 2.60. The van der Waals surface area contributed by atoms with Gasteiger partial charge < -0.3 is 0 Å². The van der Waals surface area contributed by atoms with Gasteiger partial charge in [0.15, 0.2) is 0 Å². The maximum absolute atomic E-state index is 12.5. The van der Waals surface area contributed by atoms with Crippen molar-refractivity contribution in [3.8, 4) is 0 Å². The first kappa shape index (κ1) is 10.4. The summed E-state index contributed by atoms with van der Waals surface area (Å²) in [5.74, 6) is 0. The lowest BCUT2D eigenvalue weighted by molar-refractivity contribution is 0.337. The summed E-state index contributed by atoms with van der Waals surface area (Å²) in [7, 11) is 0. The highest BCUT2D eigenvalue weighted by Crippen LogP contribution is 2.09. The standard InChI is InChI=1S/C8H16BrF/c1-2-3-4-5-6-8(10)7-9/h8H,2-7H2,1H3/t8-/m0/s1. The van der Waals surface area contributed by atoms with E-state index < -0.39 is 6.17 Å². The molecule has 0 aromatic heterocycles. The van der Waals surface area contributed by atoms with Crippen molar-refractivity contribution in [2.75, 3.05) is 5.33 Å². The van der Waals surface area contributed by atoms with E-state index in [1.165, 1.54) is 19.3 Å². The molecule has 0 radical (unpaired) electrons. The molecular formula is C8H16BrF. The van der Waals surface area contributed by atoms with Crippen LogP contribution in [0, 0.1) is 0 Å². The molecule has 0 aliphatic heterocycles. The summed E-state index contributed by atoms with van der Waals surface area (Å²) >= 11 is 3.11. The minimum absolute atomic E-state index is 0.499. The molecule has 0 bridgehead atoms. The summed E-state index contributed by atoms with van der Waals surface area (Å²) in [5, 5.41) is 0.499. The zero-order valence-electron chi connectivity index (χ0n) is 6.58. The normalized spacial score (nSPS) is 13.5. The summed E-state index contributed by atoms with van der Waals surface area (Å²) < 4.78 is 12.5. The number of rotatable bonds is 6. The van der Waals surface area contributed by atoms with E-state index in [1.807, 2.05) is 0 Å². The Bertz CT molecular complexity index is 66.3. The van der Waals surface area contributed by atoms with Crippen LogP contribution in [0.2, 0.25) is 0 Å². The smallest absolute Gasteiger partial charge is 0.110 e. The van der Waals surface area contributed by atoms with Crippen LogP contribution in [-0.2, 0) is 0 Å². The van der Waals surface area contributed by atoms with Gasteiger partial charge in [0, 0.05) is 5.33 Å². The van der Waals surface area contributed by atoms with Crippen LogP contribution in [0.4, 0.5) is 4.39 Å². The molecule has 0 aliphatic carbocycles. The van der Waals surface area contributed by atoms with Crippen LogP contribution in [0.5, 0.6) is 0 Å². The lowest BCUT2D eigenvalue weighted by Gasteiger charge is -2.02. The quantitative estimate of drug-likeness (QED) is 0.464. The zero-order valence-corrected chi connectivity index (χ0v) is 8.16. The van der Waals surface area contributed by atoms with Gasteiger partial charge in [-0.1, -0.05) is 48.5 Å². The van der Waals surface area contributed by atoms with Crippen molar-refractivity contribution in [2.24, 2.45) is 0 Å². The van der Waals surface area contributed by atoms with Crippen molar-refractivity contribution < 1.29 is 4.39 Å². The summed E-state index contributed by atoms with van der Waals surface area (Å²) in [6.45, 7) is 2.16. The SMILES string of the molecule is CCCCCC[C@H](F)CBr. The van der Waals surface area contributed by atoms with Crippen molar-refractivity contribution in [3.63, 3.8) is 0 Å². The van der Waals surface area contributed by atoms with E-state index in [9.17, 15) is 4.39 Å². The molecule has 0 spiro atoms. The molecule has 0 nitrogen and oxygen atoms in total. The Kier molecular flexibility index (Phi) is 7.82. The van der Waals surface area contributed by atoms with Gasteiger partial charge in [-0.05, 0) is 6.42 Å². The highest BCUT2D eigenvalue weighted by atomic mass is 79.9. The van der Waals surface area contributed by atoms with Crippen LogP contribution in [0.1, 0.15) is 39.0 Å². The van der Waals surface area contributed by atoms with Crippen molar-refractivity contribution >= 4 is 15.9 Å². The predicted octanol–water partition coefficient (Wildman–Crippen LogP) is 3.69. The molecule has 0 aromatic rings. The molecule has 2 heteroatoms. The van der Waals surface area contributed by atoms with Crippen LogP contribution in [0.3, 0.4) is 0 Å². The van der Waals surface area contributed by atoms with Crippen LogP contribution in [-0.4, -0.2) is 11.5 Å². The summed E-state index contributed by atoms with van der Waals surface area (Å²) in [5.41, 5.74) is 0. The molecule has 0 heterocycles. The van der Waals surface area contributed by atoms with Gasteiger partial charge in [-0.15, -0.1) is 0 Å². The minimum atomic E-state index is -0.628. The average Bonchev–Trinajstić information content (AvgIpc) is 1.98. The average molecular weight is 211 g/mol. The number of hydrogen-bond donors (Lipinski definition) is 0. The fraction of sp³-hybridized carbons (Fsp3) is 1.00. The Morgan fingerprint density at radius 3 is 2.50 bits per heavy atom. The first-order chi connectivity index (χ1) is 4.81. The number of unbranched alkanes of at least 4 members (excludes halogenated alkanes) is 3. The van der Waals surface area contributed by atoms with E-state index in [1.54, 1.807) is 0 Å². The van der Waals surface area contributed by atoms with Gasteiger partial charge in [-0.25, -0.2) is 4.39 Å². The maximum Gasteiger partial charge on any atom is 0.110 e. The Hall–Kier alpha value is 0.410. The van der Waals surface area contributed by atoms with E-state index in [-0.39, 0.29) is 0 Å². The molecule has 0 saturated heterocycles. The minimum Gasteiger partial charge on any atom is -0.247 e. The molecule has 0 unspecified atom stereocenters. The number of alkyl halides is 2. The monoisotopic (exact) mass is 210 g/mol. The zero-order chi connectivity index (χ0) is 7.82. The van der Waals surface area contributed by atoms with Crippen LogP contribution in [0.15, 0.2) is 0 Å². The lowest BCUT2D eigenvalue weighted by atomic mass is 10.1. The molecule has 1 atom stereocenters. The van der Waals surface area contributed by atoms with Crippen molar-refractivity contribution in [1.82, 2.24) is 0 Å². The van der Waals surface area contributed by atoms with Crippen molar-refractivity contribution in [3.05, 3.63) is 0 Å². The highest BCUT2D eigenvalue weighted by molar-refractivity contribution is 9.09. The second-order valence-corrected chi connectivity index (χ2v) is 3.25. The lowest BCUT2D eigenvalue weighted by Crippen LogP contribution is -2.00. The topological polar surface area (TPSA) is 0 Å². The van der Waals surface area contributed by atoms with E-state index in [0.717, 1.165) is 12.8 Å². The van der Waals surface area contributed by atoms with Gasteiger partial charge in [0.05, 0.1) is 0 Å². The summed E-state index contributed by atoms with van der Waals surface area (Å²) in [4.78, 5) is 0. The Balaban J connectivity index is 2.89. The molecule has 0 aromatic carbocycles. The van der Waals surface area contributed by atoms with Gasteiger partial charge in [0.1, 0.15) is 6.17 Å². The number of hydrogen-bond acceptors (Lipinski definition) is 0. The molecule has 62 valence electrons. The molecule has 0 N–H and O–H groups in total. The molecule has 0 amide bonds. The summed E-state index contributed by atoms with van der Waals surface area (Å²) in [6, 6.07) is 0. The van der Waals surface area contributed by atoms with Gasteiger partial charge in [0.2, 0.25) is 0 Å². The Morgan fingerprint density at radius 1 is 1.30 bits per heavy atom. The fourth-order valence-electron chi connectivity index (χ4n) is 0.870. The predicted molar refractivity (Wildman–Crippen MR) is 47.4 cm³/mol. The van der Waals surface area contributed by atoms with Crippen LogP contribution in [0.25, 0.3) is 0 Å². The van der Waals surface area contributed by atoms with Crippen molar-refractivity contribution in [2.45, 2.75) is 45.2 Å². The molecule has 0 rings (SSSR count). The number of halogens is 2. The van der Waals surface area contributed by atoms with Gasteiger partial charge in [0.25, 0.3) is 0 Å². The van der Waals surface area contributed by atoms with Gasteiger partial charge in [-0.2, -0.15) is 0 Å². The Morgan fingerprint density at radius 2 is 2.00 bits per heavy atom. The van der Waals surface area contributed by atoms with Gasteiger partial charge >= 0.3 is 0 Å². The third kappa shape index (κ3) is 6.53. The largest absolute Gasteiger partial charge is 0.247 e.